The minimum atomic E-state index is -4.67. The average Bonchev–Trinajstić information content (AvgIpc) is 2.32. The summed E-state index contributed by atoms with van der Waals surface area (Å²) in [7, 11) is 0. The standard InChI is InChI=1S/2C5H5O.ClH2O3P/c2*1-2-4-6-5-3-1;1-5(2,3)4/h2*1-5H;(H2,2,3,4)/q2*+1;/p-2. The van der Waals surface area contributed by atoms with E-state index in [4.69, 9.17) is 14.4 Å². The third kappa shape index (κ3) is 20.7. The molecular weight excluding hydrogens is 267 g/mol. The molecule has 2 rings (SSSR count). The molecule has 0 fully saturated rings. The van der Waals surface area contributed by atoms with Crippen LogP contribution in [0.25, 0.3) is 0 Å². The van der Waals surface area contributed by atoms with E-state index in [1.54, 1.807) is 25.1 Å². The molecule has 0 aromatic carbocycles. The van der Waals surface area contributed by atoms with Crippen LogP contribution in [-0.4, -0.2) is 0 Å². The van der Waals surface area contributed by atoms with Gasteiger partial charge in [-0.25, -0.2) is 8.83 Å². The van der Waals surface area contributed by atoms with Crippen molar-refractivity contribution >= 4 is 18.2 Å². The molecule has 0 saturated heterocycles. The van der Waals surface area contributed by atoms with Gasteiger partial charge in [0.2, 0.25) is 0 Å². The predicted molar refractivity (Wildman–Crippen MR) is 59.7 cm³/mol. The first-order valence-electron chi connectivity index (χ1n) is 4.33. The molecule has 0 amide bonds. The minimum absolute atomic E-state index is 1.62. The van der Waals surface area contributed by atoms with Gasteiger partial charge in [0.05, 0.1) is 0 Å². The van der Waals surface area contributed by atoms with Crippen molar-refractivity contribution in [1.29, 1.82) is 0 Å². The van der Waals surface area contributed by atoms with Gasteiger partial charge in [0.25, 0.3) is 0 Å². The zero-order chi connectivity index (χ0) is 13.0. The summed E-state index contributed by atoms with van der Waals surface area (Å²) in [5.41, 5.74) is 0. The zero-order valence-electron chi connectivity index (χ0n) is 8.64. The van der Waals surface area contributed by atoms with Crippen LogP contribution in [0.5, 0.6) is 0 Å². The summed E-state index contributed by atoms with van der Waals surface area (Å²) in [4.78, 5) is 17.7. The van der Waals surface area contributed by atoms with Gasteiger partial charge in [-0.05, 0) is 12.1 Å². The maximum absolute atomic E-state index is 8.87. The zero-order valence-corrected chi connectivity index (χ0v) is 10.3. The van der Waals surface area contributed by atoms with E-state index in [1.165, 1.54) is 0 Å². The normalized spacial score (nSPS) is 9.12. The monoisotopic (exact) mass is 276 g/mol. The van der Waals surface area contributed by atoms with Crippen molar-refractivity contribution in [2.75, 3.05) is 0 Å². The molecule has 0 saturated carbocycles. The molecule has 0 bridgehead atoms. The number of hydrogen-bond donors (Lipinski definition) is 0. The fourth-order valence-corrected chi connectivity index (χ4v) is 0.582. The van der Waals surface area contributed by atoms with Crippen LogP contribution in [0.1, 0.15) is 0 Å². The summed E-state index contributed by atoms with van der Waals surface area (Å²) in [5, 5.41) is 0. The van der Waals surface area contributed by atoms with Gasteiger partial charge in [0.1, 0.15) is 0 Å². The molecule has 0 unspecified atom stereocenters. The van der Waals surface area contributed by atoms with Crippen LogP contribution < -0.4 is 9.79 Å². The number of hydrogen-bond acceptors (Lipinski definition) is 3. The molecule has 2 aromatic heterocycles. The summed E-state index contributed by atoms with van der Waals surface area (Å²) < 4.78 is 18.2. The number of halogens is 1. The molecule has 5 nitrogen and oxygen atoms in total. The van der Waals surface area contributed by atoms with Crippen molar-refractivity contribution in [2.45, 2.75) is 0 Å². The molecule has 2 heterocycles. The highest BCUT2D eigenvalue weighted by Gasteiger charge is 1.73. The molecule has 17 heavy (non-hydrogen) atoms. The molecule has 7 heteroatoms. The van der Waals surface area contributed by atoms with Crippen LogP contribution in [0.4, 0.5) is 0 Å². The third-order valence-electron chi connectivity index (χ3n) is 1.07. The van der Waals surface area contributed by atoms with Crippen molar-refractivity contribution < 1.29 is 23.2 Å². The highest BCUT2D eigenvalue weighted by atomic mass is 35.7. The Balaban J connectivity index is 0.000000228. The van der Waals surface area contributed by atoms with Crippen molar-refractivity contribution in [3.8, 4) is 0 Å². The topological polar surface area (TPSA) is 85.8 Å². The Kier molecular flexibility index (Phi) is 9.19. The Morgan fingerprint density at radius 2 is 1.00 bits per heavy atom. The van der Waals surface area contributed by atoms with Crippen molar-refractivity contribution in [3.05, 3.63) is 61.5 Å². The third-order valence-corrected chi connectivity index (χ3v) is 1.07. The summed E-state index contributed by atoms with van der Waals surface area (Å²) in [6, 6.07) is 11.1. The fraction of sp³-hybridized carbons (Fsp3) is 0. The van der Waals surface area contributed by atoms with E-state index in [9.17, 15) is 0 Å². The SMILES string of the molecule is O=P([O-])([O-])Cl.c1cc[o+]cc1.c1cc[o+]cc1. The van der Waals surface area contributed by atoms with E-state index in [2.05, 4.69) is 20.1 Å². The smallest absolute Gasteiger partial charge is 0.317 e. The Labute approximate surface area is 103 Å². The van der Waals surface area contributed by atoms with Gasteiger partial charge >= 0.3 is 25.1 Å². The van der Waals surface area contributed by atoms with Gasteiger partial charge in [-0.2, -0.15) is 0 Å². The second kappa shape index (κ2) is 9.93. The van der Waals surface area contributed by atoms with E-state index in [1.807, 2.05) is 36.4 Å². The Bertz CT molecular complexity index is 312. The first-order valence-corrected chi connectivity index (χ1v) is 6.77. The van der Waals surface area contributed by atoms with Crippen molar-refractivity contribution in [1.82, 2.24) is 0 Å². The Hall–Kier alpha value is -1.26. The van der Waals surface area contributed by atoms with Crippen LogP contribution in [-0.2, 0) is 4.57 Å². The van der Waals surface area contributed by atoms with E-state index in [-0.39, 0.29) is 0 Å². The molecular formula is C10H10ClO5P. The second-order valence-corrected chi connectivity index (χ2v) is 4.51. The van der Waals surface area contributed by atoms with Crippen LogP contribution in [0, 0.1) is 0 Å². The largest absolute Gasteiger partial charge is 0.799 e. The molecule has 2 aromatic rings. The maximum Gasteiger partial charge on any atom is 0.317 e. The maximum atomic E-state index is 8.87. The Morgan fingerprint density at radius 3 is 1.06 bits per heavy atom. The van der Waals surface area contributed by atoms with E-state index in [0.717, 1.165) is 0 Å². The van der Waals surface area contributed by atoms with Gasteiger partial charge in [0, 0.05) is 31.2 Å². The molecule has 0 radical (unpaired) electrons. The minimum Gasteiger partial charge on any atom is -0.799 e. The molecule has 0 N–H and O–H groups in total. The van der Waals surface area contributed by atoms with E-state index < -0.39 is 6.95 Å². The van der Waals surface area contributed by atoms with Crippen molar-refractivity contribution in [2.24, 2.45) is 0 Å². The lowest BCUT2D eigenvalue weighted by Gasteiger charge is -2.18. The highest BCUT2D eigenvalue weighted by molar-refractivity contribution is 7.77. The fourth-order valence-electron chi connectivity index (χ4n) is 0.582. The van der Waals surface area contributed by atoms with E-state index >= 15 is 0 Å². The molecule has 92 valence electrons. The summed E-state index contributed by atoms with van der Waals surface area (Å²) >= 11 is 3.97. The average molecular weight is 277 g/mol. The Morgan fingerprint density at radius 1 is 0.765 bits per heavy atom. The predicted octanol–water partition coefficient (Wildman–Crippen LogP) is 2.18. The lowest BCUT2D eigenvalue weighted by molar-refractivity contribution is -0.304. The molecule has 0 atom stereocenters. The summed E-state index contributed by atoms with van der Waals surface area (Å²) in [6.07, 6.45) is 6.50. The molecule has 0 spiro atoms. The van der Waals surface area contributed by atoms with Crippen molar-refractivity contribution in [3.63, 3.8) is 0 Å². The van der Waals surface area contributed by atoms with Gasteiger partial charge in [0.15, 0.2) is 0 Å². The van der Waals surface area contributed by atoms with Gasteiger partial charge < -0.3 is 14.4 Å². The molecule has 0 aliphatic carbocycles. The van der Waals surface area contributed by atoms with Gasteiger partial charge in [-0.3, -0.25) is 0 Å². The lowest BCUT2D eigenvalue weighted by Crippen LogP contribution is -2.06. The molecule has 0 aliphatic rings. The first kappa shape index (κ1) is 15.7. The quantitative estimate of drug-likeness (QED) is 0.544. The van der Waals surface area contributed by atoms with Crippen LogP contribution >= 0.6 is 18.2 Å². The van der Waals surface area contributed by atoms with Crippen LogP contribution in [0.3, 0.4) is 0 Å². The highest BCUT2D eigenvalue weighted by Crippen LogP contribution is 2.28. The van der Waals surface area contributed by atoms with Crippen LogP contribution in [0.2, 0.25) is 0 Å². The summed E-state index contributed by atoms with van der Waals surface area (Å²) in [6.45, 7) is -4.67. The van der Waals surface area contributed by atoms with E-state index in [0.29, 0.717) is 0 Å². The van der Waals surface area contributed by atoms with Gasteiger partial charge in [-0.15, -0.1) is 0 Å². The second-order valence-electron chi connectivity index (χ2n) is 2.40. The number of rotatable bonds is 0. The first-order chi connectivity index (χ1) is 8.00. The molecule has 0 aliphatic heterocycles. The van der Waals surface area contributed by atoms with Crippen LogP contribution in [0.15, 0.2) is 70.3 Å². The summed E-state index contributed by atoms with van der Waals surface area (Å²) in [5.74, 6) is 0. The lowest BCUT2D eigenvalue weighted by atomic mass is 10.6. The van der Waals surface area contributed by atoms with Gasteiger partial charge in [-0.1, -0.05) is 11.2 Å².